The molecule has 0 aliphatic carbocycles. The second-order valence-electron chi connectivity index (χ2n) is 8.20. The maximum atomic E-state index is 13.0. The van der Waals surface area contributed by atoms with Crippen LogP contribution in [-0.4, -0.2) is 81.6 Å². The third kappa shape index (κ3) is 2.98. The molecule has 0 aromatic carbocycles. The Morgan fingerprint density at radius 1 is 1.26 bits per heavy atom. The van der Waals surface area contributed by atoms with Crippen molar-refractivity contribution in [2.24, 2.45) is 11.8 Å². The fraction of sp³-hybridized carbons (Fsp3) is 0.778. The Morgan fingerprint density at radius 2 is 1.93 bits per heavy atom. The molecule has 3 rings (SSSR count). The number of aliphatic hydroxyl groups is 3. The molecule has 0 spiro atoms. The molecule has 9 nitrogen and oxygen atoms in total. The molecule has 152 valence electrons. The van der Waals surface area contributed by atoms with Gasteiger partial charge in [0.15, 0.2) is 23.3 Å². The summed E-state index contributed by atoms with van der Waals surface area (Å²) in [5.74, 6) is -3.93. The number of hydroxylamine groups is 3. The Labute approximate surface area is 157 Å². The van der Waals surface area contributed by atoms with Crippen molar-refractivity contribution in [2.45, 2.75) is 50.5 Å². The number of hydrogen-bond acceptors (Lipinski definition) is 8. The van der Waals surface area contributed by atoms with Crippen molar-refractivity contribution >= 4 is 11.9 Å². The smallest absolute Gasteiger partial charge is 0.341 e. The second-order valence-corrected chi connectivity index (χ2v) is 8.20. The molecule has 3 aliphatic rings. The summed E-state index contributed by atoms with van der Waals surface area (Å²) in [6.07, 6.45) is 1.22. The quantitative estimate of drug-likeness (QED) is 0.232. The van der Waals surface area contributed by atoms with Crippen LogP contribution in [0, 0.1) is 17.0 Å². The number of nitrogens with zero attached hydrogens (tertiary/aromatic N) is 1. The van der Waals surface area contributed by atoms with Gasteiger partial charge in [0.05, 0.1) is 19.7 Å². The van der Waals surface area contributed by atoms with E-state index in [-0.39, 0.29) is 19.7 Å². The fourth-order valence-electron chi connectivity index (χ4n) is 4.37. The predicted molar refractivity (Wildman–Crippen MR) is 91.7 cm³/mol. The largest absolute Gasteiger partial charge is 0.632 e. The molecule has 2 fully saturated rings. The van der Waals surface area contributed by atoms with Gasteiger partial charge in [-0.3, -0.25) is 0 Å². The molecule has 0 aromatic heterocycles. The third-order valence-electron chi connectivity index (χ3n) is 6.72. The average Bonchev–Trinajstić information content (AvgIpc) is 3.12. The molecule has 0 aromatic rings. The molecule has 3 heterocycles. The minimum Gasteiger partial charge on any atom is -0.632 e. The number of hydrogen-bond donors (Lipinski definition) is 3. The highest BCUT2D eigenvalue weighted by Gasteiger charge is 2.56. The topological polar surface area (TPSA) is 136 Å². The van der Waals surface area contributed by atoms with Crippen molar-refractivity contribution in [3.63, 3.8) is 0 Å². The van der Waals surface area contributed by atoms with Crippen molar-refractivity contribution in [3.05, 3.63) is 16.9 Å². The summed E-state index contributed by atoms with van der Waals surface area (Å²) in [6, 6.07) is -0.721. The lowest BCUT2D eigenvalue weighted by atomic mass is 9.73. The average molecular weight is 385 g/mol. The van der Waals surface area contributed by atoms with Gasteiger partial charge < -0.3 is 34.6 Å². The minimum absolute atomic E-state index is 0.165. The first-order chi connectivity index (χ1) is 12.5. The molecular formula is C18H27NO8. The van der Waals surface area contributed by atoms with Crippen LogP contribution in [0.4, 0.5) is 0 Å². The Bertz CT molecular complexity index is 676. The van der Waals surface area contributed by atoms with E-state index in [1.54, 1.807) is 6.08 Å². The summed E-state index contributed by atoms with van der Waals surface area (Å²) >= 11 is 0. The third-order valence-corrected chi connectivity index (χ3v) is 6.72. The van der Waals surface area contributed by atoms with Gasteiger partial charge in [0, 0.05) is 23.8 Å². The molecule has 3 aliphatic heterocycles. The molecule has 0 saturated carbocycles. The number of aliphatic hydroxyl groups excluding tert-OH is 1. The van der Waals surface area contributed by atoms with Crippen LogP contribution in [0.15, 0.2) is 11.6 Å². The molecular weight excluding hydrogens is 358 g/mol. The molecule has 0 radical (unpaired) electrons. The van der Waals surface area contributed by atoms with E-state index in [1.165, 1.54) is 20.8 Å². The van der Waals surface area contributed by atoms with Crippen LogP contribution in [0.5, 0.6) is 0 Å². The van der Waals surface area contributed by atoms with Gasteiger partial charge in [0.2, 0.25) is 0 Å². The minimum atomic E-state index is -2.33. The first-order valence-electron chi connectivity index (χ1n) is 9.18. The molecule has 2 saturated heterocycles. The van der Waals surface area contributed by atoms with Crippen LogP contribution in [0.1, 0.15) is 27.2 Å². The first-order valence-corrected chi connectivity index (χ1v) is 9.18. The van der Waals surface area contributed by atoms with E-state index in [9.17, 15) is 30.1 Å². The molecule has 27 heavy (non-hydrogen) atoms. The summed E-state index contributed by atoms with van der Waals surface area (Å²) < 4.78 is 10.1. The van der Waals surface area contributed by atoms with Gasteiger partial charge in [-0.25, -0.2) is 9.59 Å². The zero-order valence-electron chi connectivity index (χ0n) is 15.8. The van der Waals surface area contributed by atoms with Crippen LogP contribution in [0.25, 0.3) is 0 Å². The number of carbonyl (C=O) groups is 2. The Kier molecular flexibility index (Phi) is 4.89. The standard InChI is InChI=1S/C18H27NO8/c1-10-11(2)18(24,9-20)16(22)27-13-5-7-19(25)6-4-12(14(13)19)8-26-15(21)17(10,3)23/h4,10-11,13-14,20,23-24H,5-9H2,1-3H3/t10-,11?,13+,14+,17?,18?,19?/m0/s1. The Hall–Kier alpha value is -1.52. The summed E-state index contributed by atoms with van der Waals surface area (Å²) in [5.41, 5.74) is -3.80. The van der Waals surface area contributed by atoms with Crippen LogP contribution < -0.4 is 0 Å². The lowest BCUT2D eigenvalue weighted by Gasteiger charge is -2.42. The van der Waals surface area contributed by atoms with Gasteiger partial charge in [0.25, 0.3) is 0 Å². The molecule has 0 amide bonds. The normalized spacial score (nSPS) is 48.0. The fourth-order valence-corrected chi connectivity index (χ4v) is 4.37. The molecule has 0 bridgehead atoms. The first kappa shape index (κ1) is 20.2. The van der Waals surface area contributed by atoms with Gasteiger partial charge in [-0.05, 0) is 13.0 Å². The van der Waals surface area contributed by atoms with E-state index in [1.807, 2.05) is 0 Å². The van der Waals surface area contributed by atoms with E-state index in [4.69, 9.17) is 9.47 Å². The van der Waals surface area contributed by atoms with Gasteiger partial charge in [-0.15, -0.1) is 0 Å². The zero-order chi connectivity index (χ0) is 20.2. The van der Waals surface area contributed by atoms with E-state index in [2.05, 4.69) is 0 Å². The Balaban J connectivity index is 2.02. The monoisotopic (exact) mass is 385 g/mol. The summed E-state index contributed by atoms with van der Waals surface area (Å²) in [7, 11) is 0. The SMILES string of the molecule is CC1[C@H](C)C(C)(O)C(=O)OCC2=CC[N+]3([O-])CC[C@@H](OC(=O)C1(O)CO)[C@@H]23. The second kappa shape index (κ2) is 6.52. The molecule has 3 N–H and O–H groups in total. The highest BCUT2D eigenvalue weighted by molar-refractivity contribution is 5.82. The van der Waals surface area contributed by atoms with Crippen molar-refractivity contribution in [2.75, 3.05) is 26.3 Å². The van der Waals surface area contributed by atoms with Crippen molar-refractivity contribution in [1.29, 1.82) is 0 Å². The van der Waals surface area contributed by atoms with Crippen molar-refractivity contribution < 1.29 is 39.0 Å². The summed E-state index contributed by atoms with van der Waals surface area (Å²) in [5, 5.41) is 44.2. The predicted octanol–water partition coefficient (Wildman–Crippen LogP) is -0.771. The highest BCUT2D eigenvalue weighted by atomic mass is 16.6. The number of ether oxygens (including phenoxy) is 2. The lowest BCUT2D eigenvalue weighted by Crippen LogP contribution is -2.58. The van der Waals surface area contributed by atoms with Gasteiger partial charge >= 0.3 is 11.9 Å². The van der Waals surface area contributed by atoms with Crippen molar-refractivity contribution in [1.82, 2.24) is 0 Å². The van der Waals surface area contributed by atoms with Crippen LogP contribution >= 0.6 is 0 Å². The number of rotatable bonds is 1. The summed E-state index contributed by atoms with van der Waals surface area (Å²) in [6.45, 7) is 3.47. The number of quaternary nitrogens is 1. The maximum Gasteiger partial charge on any atom is 0.341 e. The van der Waals surface area contributed by atoms with E-state index >= 15 is 0 Å². The van der Waals surface area contributed by atoms with Crippen LogP contribution in [0.2, 0.25) is 0 Å². The van der Waals surface area contributed by atoms with Crippen LogP contribution in [-0.2, 0) is 19.1 Å². The lowest BCUT2D eigenvalue weighted by molar-refractivity contribution is -0.877. The molecule has 7 atom stereocenters. The number of cyclic esters (lactones) is 1. The molecule has 9 heteroatoms. The van der Waals surface area contributed by atoms with Gasteiger partial charge in [0.1, 0.15) is 6.61 Å². The van der Waals surface area contributed by atoms with Gasteiger partial charge in [-0.2, -0.15) is 0 Å². The number of esters is 2. The van der Waals surface area contributed by atoms with E-state index in [0.717, 1.165) is 0 Å². The highest BCUT2D eigenvalue weighted by Crippen LogP contribution is 2.40. The van der Waals surface area contributed by atoms with E-state index < -0.39 is 58.4 Å². The van der Waals surface area contributed by atoms with Crippen LogP contribution in [0.3, 0.4) is 0 Å². The zero-order valence-corrected chi connectivity index (χ0v) is 15.8. The summed E-state index contributed by atoms with van der Waals surface area (Å²) in [4.78, 5) is 25.2. The Morgan fingerprint density at radius 3 is 2.56 bits per heavy atom. The van der Waals surface area contributed by atoms with Gasteiger partial charge in [-0.1, -0.05) is 13.8 Å². The van der Waals surface area contributed by atoms with Crippen molar-refractivity contribution in [3.8, 4) is 0 Å². The maximum absolute atomic E-state index is 13.0. The number of carbonyl (C=O) groups excluding carboxylic acids is 2. The van der Waals surface area contributed by atoms with E-state index in [0.29, 0.717) is 12.0 Å². The molecule has 4 unspecified atom stereocenters.